The van der Waals surface area contributed by atoms with E-state index < -0.39 is 24.8 Å². The van der Waals surface area contributed by atoms with Gasteiger partial charge in [-0.2, -0.15) is 4.98 Å². The number of benzene rings is 3. The maximum absolute atomic E-state index is 13.8. The quantitative estimate of drug-likeness (QED) is 0.166. The minimum absolute atomic E-state index is 0.160. The predicted octanol–water partition coefficient (Wildman–Crippen LogP) is 5.06. The van der Waals surface area contributed by atoms with Crippen molar-refractivity contribution in [3.8, 4) is 22.7 Å². The van der Waals surface area contributed by atoms with Crippen molar-refractivity contribution in [3.63, 3.8) is 0 Å². The van der Waals surface area contributed by atoms with Gasteiger partial charge in [0.05, 0.1) is 36.6 Å². The fourth-order valence-electron chi connectivity index (χ4n) is 4.65. The number of aromatic nitrogens is 5. The third kappa shape index (κ3) is 6.70. The van der Waals surface area contributed by atoms with Gasteiger partial charge in [0, 0.05) is 22.3 Å². The van der Waals surface area contributed by atoms with Crippen LogP contribution >= 0.6 is 30.3 Å². The van der Waals surface area contributed by atoms with Gasteiger partial charge >= 0.3 is 5.69 Å². The molecule has 44 heavy (non-hydrogen) atoms. The monoisotopic (exact) mass is 651 g/mol. The van der Waals surface area contributed by atoms with Crippen molar-refractivity contribution >= 4 is 52.9 Å². The average molecular weight is 652 g/mol. The lowest BCUT2D eigenvalue weighted by Gasteiger charge is -2.22. The summed E-state index contributed by atoms with van der Waals surface area (Å²) in [5.41, 5.74) is 8.01. The molecule has 0 aliphatic heterocycles. The van der Waals surface area contributed by atoms with Gasteiger partial charge in [0.15, 0.2) is 10.9 Å². The van der Waals surface area contributed by atoms with Crippen LogP contribution in [0.5, 0.6) is 5.75 Å². The maximum atomic E-state index is 13.8. The standard InChI is InChI=1S/C30H28Cl2N7O4P/c1-43-26-16-38(30(41)35-28(26)21-14-19(31)9-12-24(21)39-17-27(32)36-37-39)25(13-18-7-5-4-6-8-18)29(40)34-23-11-10-20(15-22(23)33)44(2,3)42/h4-12,14-17,25H,13,33H2,1-3H3,(H,34,40). The highest BCUT2D eigenvalue weighted by Gasteiger charge is 2.27. The highest BCUT2D eigenvalue weighted by Crippen LogP contribution is 2.37. The van der Waals surface area contributed by atoms with Crippen molar-refractivity contribution in [2.75, 3.05) is 31.5 Å². The van der Waals surface area contributed by atoms with Crippen LogP contribution < -0.4 is 26.8 Å². The van der Waals surface area contributed by atoms with Crippen LogP contribution in [0.2, 0.25) is 10.2 Å². The van der Waals surface area contributed by atoms with Gasteiger partial charge in [-0.3, -0.25) is 9.36 Å². The summed E-state index contributed by atoms with van der Waals surface area (Å²) < 4.78 is 20.9. The fraction of sp³-hybridized carbons (Fsp3) is 0.167. The number of carbonyl (C=O) groups is 1. The first-order valence-electron chi connectivity index (χ1n) is 13.3. The number of nitrogens with one attached hydrogen (secondary N) is 1. The van der Waals surface area contributed by atoms with E-state index in [1.54, 1.807) is 49.7 Å². The number of nitrogens with two attached hydrogens (primary N) is 1. The zero-order chi connectivity index (χ0) is 31.6. The summed E-state index contributed by atoms with van der Waals surface area (Å²) in [6.45, 7) is 3.28. The molecule has 0 saturated heterocycles. The second kappa shape index (κ2) is 12.7. The van der Waals surface area contributed by atoms with Crippen LogP contribution in [0.4, 0.5) is 11.4 Å². The van der Waals surface area contributed by atoms with Crippen molar-refractivity contribution in [2.45, 2.75) is 12.5 Å². The lowest BCUT2D eigenvalue weighted by molar-refractivity contribution is -0.119. The molecule has 3 aromatic carbocycles. The molecule has 0 radical (unpaired) electrons. The Bertz CT molecular complexity index is 1960. The number of amides is 1. The number of hydrogen-bond donors (Lipinski definition) is 2. The van der Waals surface area contributed by atoms with E-state index in [9.17, 15) is 14.2 Å². The third-order valence-corrected chi connectivity index (χ3v) is 8.82. The molecule has 0 saturated carbocycles. The number of nitrogen functional groups attached to an aromatic ring is 1. The topological polar surface area (TPSA) is 147 Å². The zero-order valence-corrected chi connectivity index (χ0v) is 26.3. The largest absolute Gasteiger partial charge is 0.493 e. The second-order valence-corrected chi connectivity index (χ2v) is 14.4. The number of carbonyl (C=O) groups excluding carboxylic acids is 1. The molecular weight excluding hydrogens is 624 g/mol. The smallest absolute Gasteiger partial charge is 0.349 e. The van der Waals surface area contributed by atoms with Crippen LogP contribution in [0.25, 0.3) is 16.9 Å². The number of nitrogens with zero attached hydrogens (tertiary/aromatic N) is 5. The highest BCUT2D eigenvalue weighted by atomic mass is 35.5. The third-order valence-electron chi connectivity index (χ3n) is 6.89. The van der Waals surface area contributed by atoms with E-state index in [-0.39, 0.29) is 28.7 Å². The molecule has 1 unspecified atom stereocenters. The van der Waals surface area contributed by atoms with E-state index in [1.165, 1.54) is 28.8 Å². The van der Waals surface area contributed by atoms with E-state index in [0.29, 0.717) is 27.3 Å². The SMILES string of the molecule is COc1cn(C(Cc2ccccc2)C(=O)Nc2ccc(P(C)(C)=O)cc2N)c(=O)nc1-c1cc(Cl)ccc1-n1cc(Cl)nn1. The van der Waals surface area contributed by atoms with E-state index in [4.69, 9.17) is 33.7 Å². The second-order valence-electron chi connectivity index (χ2n) is 10.3. The molecular formula is C30H28Cl2N7O4P. The van der Waals surface area contributed by atoms with Gasteiger partial charge in [-0.1, -0.05) is 58.7 Å². The molecule has 3 N–H and O–H groups in total. The Hall–Kier alpha value is -4.44. The van der Waals surface area contributed by atoms with Gasteiger partial charge in [-0.25, -0.2) is 9.48 Å². The lowest BCUT2D eigenvalue weighted by Crippen LogP contribution is -2.36. The summed E-state index contributed by atoms with van der Waals surface area (Å²) in [6.07, 6.45) is 3.10. The van der Waals surface area contributed by atoms with Crippen LogP contribution in [0.15, 0.2) is 83.9 Å². The number of rotatable bonds is 9. The Labute approximate surface area is 263 Å². The molecule has 1 atom stereocenters. The van der Waals surface area contributed by atoms with Crippen LogP contribution in [-0.2, 0) is 15.8 Å². The van der Waals surface area contributed by atoms with Gasteiger partial charge in [-0.15, -0.1) is 5.10 Å². The zero-order valence-electron chi connectivity index (χ0n) is 23.9. The molecule has 14 heteroatoms. The summed E-state index contributed by atoms with van der Waals surface area (Å²) in [6, 6.07) is 18.0. The minimum atomic E-state index is -2.57. The van der Waals surface area contributed by atoms with Crippen LogP contribution in [-0.4, -0.2) is 50.9 Å². The molecule has 0 fully saturated rings. The van der Waals surface area contributed by atoms with E-state index >= 15 is 0 Å². The van der Waals surface area contributed by atoms with Gasteiger partial charge in [0.2, 0.25) is 5.91 Å². The van der Waals surface area contributed by atoms with Gasteiger partial charge in [-0.05, 0) is 55.3 Å². The highest BCUT2D eigenvalue weighted by molar-refractivity contribution is 7.70. The number of anilines is 2. The Morgan fingerprint density at radius 1 is 1.07 bits per heavy atom. The molecule has 0 spiro atoms. The maximum Gasteiger partial charge on any atom is 0.349 e. The van der Waals surface area contributed by atoms with E-state index in [2.05, 4.69) is 20.6 Å². The first-order chi connectivity index (χ1) is 20.9. The van der Waals surface area contributed by atoms with Crippen molar-refractivity contribution in [1.29, 1.82) is 0 Å². The summed E-state index contributed by atoms with van der Waals surface area (Å²) in [5, 5.41) is 11.8. The minimum Gasteiger partial charge on any atom is -0.493 e. The molecule has 11 nitrogen and oxygen atoms in total. The number of hydrogen-bond acceptors (Lipinski definition) is 8. The first kappa shape index (κ1) is 31.0. The number of halogens is 2. The van der Waals surface area contributed by atoms with Crippen LogP contribution in [0.1, 0.15) is 11.6 Å². The molecule has 2 heterocycles. The van der Waals surface area contributed by atoms with E-state index in [1.807, 2.05) is 30.3 Å². The first-order valence-corrected chi connectivity index (χ1v) is 16.7. The normalized spacial score (nSPS) is 12.1. The molecule has 0 aliphatic rings. The summed E-state index contributed by atoms with van der Waals surface area (Å²) in [4.78, 5) is 31.9. The van der Waals surface area contributed by atoms with Crippen LogP contribution in [0, 0.1) is 0 Å². The average Bonchev–Trinajstić information content (AvgIpc) is 3.42. The molecule has 1 amide bonds. The molecule has 0 bridgehead atoms. The van der Waals surface area contributed by atoms with Crippen molar-refractivity contribution < 1.29 is 14.1 Å². The number of ether oxygens (including phenoxy) is 1. The number of methoxy groups -OCH3 is 1. The summed E-state index contributed by atoms with van der Waals surface area (Å²) in [7, 11) is -1.14. The Balaban J connectivity index is 1.59. The molecule has 5 aromatic rings. The van der Waals surface area contributed by atoms with Gasteiger partial charge in [0.25, 0.3) is 0 Å². The Morgan fingerprint density at radius 2 is 1.82 bits per heavy atom. The molecule has 0 aliphatic carbocycles. The fourth-order valence-corrected chi connectivity index (χ4v) is 5.83. The summed E-state index contributed by atoms with van der Waals surface area (Å²) >= 11 is 12.3. The van der Waals surface area contributed by atoms with Crippen molar-refractivity contribution in [3.05, 3.63) is 105 Å². The van der Waals surface area contributed by atoms with Crippen LogP contribution in [0.3, 0.4) is 0 Å². The van der Waals surface area contributed by atoms with Gasteiger partial charge in [0.1, 0.15) is 18.9 Å². The van der Waals surface area contributed by atoms with Crippen molar-refractivity contribution in [1.82, 2.24) is 24.5 Å². The molecule has 226 valence electrons. The molecule has 5 rings (SSSR count). The van der Waals surface area contributed by atoms with Gasteiger partial charge < -0.3 is 20.4 Å². The lowest BCUT2D eigenvalue weighted by atomic mass is 10.0. The summed E-state index contributed by atoms with van der Waals surface area (Å²) in [5.74, 6) is -0.306. The van der Waals surface area contributed by atoms with E-state index in [0.717, 1.165) is 5.56 Å². The molecule has 2 aromatic heterocycles. The Morgan fingerprint density at radius 3 is 2.45 bits per heavy atom. The predicted molar refractivity (Wildman–Crippen MR) is 173 cm³/mol. The Kier molecular flexibility index (Phi) is 8.92. The van der Waals surface area contributed by atoms with Crippen molar-refractivity contribution in [2.24, 2.45) is 0 Å².